The van der Waals surface area contributed by atoms with E-state index in [1.54, 1.807) is 16.4 Å². The molecule has 2 aliphatic rings. The van der Waals surface area contributed by atoms with E-state index in [0.717, 1.165) is 36.8 Å². The maximum Gasteiger partial charge on any atom is 0.243 e. The molecular formula is C24H35N3O3S. The molecule has 3 heterocycles. The molecule has 0 saturated carbocycles. The molecule has 0 N–H and O–H groups in total. The number of benzene rings is 1. The molecule has 2 fully saturated rings. The third kappa shape index (κ3) is 4.82. The van der Waals surface area contributed by atoms with Crippen LogP contribution in [0.25, 0.3) is 10.9 Å². The van der Waals surface area contributed by atoms with Gasteiger partial charge in [-0.3, -0.25) is 4.79 Å². The normalized spacial score (nSPS) is 24.0. The zero-order valence-corrected chi connectivity index (χ0v) is 19.8. The van der Waals surface area contributed by atoms with Gasteiger partial charge in [-0.1, -0.05) is 20.8 Å². The number of fused-ring (bicyclic) bond motifs is 1. The number of carbonyl (C=O) groups excluding carboxylic acids is 1. The van der Waals surface area contributed by atoms with Crippen molar-refractivity contribution in [3.8, 4) is 0 Å². The lowest BCUT2D eigenvalue weighted by atomic mass is 9.92. The van der Waals surface area contributed by atoms with Gasteiger partial charge >= 0.3 is 0 Å². The van der Waals surface area contributed by atoms with Gasteiger partial charge in [0.2, 0.25) is 15.9 Å². The summed E-state index contributed by atoms with van der Waals surface area (Å²) in [7, 11) is -3.46. The van der Waals surface area contributed by atoms with Gasteiger partial charge in [0.1, 0.15) is 0 Å². The van der Waals surface area contributed by atoms with Crippen molar-refractivity contribution >= 4 is 26.8 Å². The summed E-state index contributed by atoms with van der Waals surface area (Å²) in [6.07, 6.45) is 5.45. The molecule has 0 unspecified atom stereocenters. The number of aryl methyl sites for hydroxylation is 1. The summed E-state index contributed by atoms with van der Waals surface area (Å²) in [6, 6.07) is 7.31. The second-order valence-electron chi connectivity index (χ2n) is 9.81. The van der Waals surface area contributed by atoms with E-state index in [1.807, 2.05) is 23.2 Å². The van der Waals surface area contributed by atoms with Crippen LogP contribution in [0.2, 0.25) is 0 Å². The number of piperidine rings is 2. The number of carbonyl (C=O) groups is 1. The molecule has 2 atom stereocenters. The van der Waals surface area contributed by atoms with Crippen molar-refractivity contribution < 1.29 is 13.2 Å². The van der Waals surface area contributed by atoms with E-state index in [-0.39, 0.29) is 5.91 Å². The lowest BCUT2D eigenvalue weighted by Crippen LogP contribution is -2.42. The van der Waals surface area contributed by atoms with Crippen LogP contribution in [0.4, 0.5) is 0 Å². The molecule has 2 aliphatic heterocycles. The van der Waals surface area contributed by atoms with Crippen LogP contribution in [-0.4, -0.2) is 54.3 Å². The van der Waals surface area contributed by atoms with Crippen molar-refractivity contribution in [1.82, 2.24) is 13.8 Å². The first-order valence-corrected chi connectivity index (χ1v) is 13.0. The molecule has 170 valence electrons. The molecular weight excluding hydrogens is 410 g/mol. The molecule has 31 heavy (non-hydrogen) atoms. The summed E-state index contributed by atoms with van der Waals surface area (Å²) < 4.78 is 29.8. The van der Waals surface area contributed by atoms with Gasteiger partial charge in [0, 0.05) is 56.2 Å². The van der Waals surface area contributed by atoms with Crippen LogP contribution in [-0.2, 0) is 21.4 Å². The van der Waals surface area contributed by atoms with Gasteiger partial charge in [-0.05, 0) is 61.3 Å². The molecule has 4 rings (SSSR count). The van der Waals surface area contributed by atoms with Crippen LogP contribution in [0.1, 0.15) is 46.5 Å². The largest absolute Gasteiger partial charge is 0.347 e. The van der Waals surface area contributed by atoms with Gasteiger partial charge in [-0.2, -0.15) is 4.31 Å². The maximum absolute atomic E-state index is 13.1. The molecule has 2 aromatic rings. The maximum atomic E-state index is 13.1. The summed E-state index contributed by atoms with van der Waals surface area (Å²) in [5.74, 6) is 1.91. The molecule has 0 radical (unpaired) electrons. The Balaban J connectivity index is 1.45. The number of nitrogens with zero attached hydrogens (tertiary/aromatic N) is 3. The van der Waals surface area contributed by atoms with Crippen molar-refractivity contribution in [1.29, 1.82) is 0 Å². The van der Waals surface area contributed by atoms with E-state index in [0.29, 0.717) is 48.7 Å². The molecule has 2 saturated heterocycles. The van der Waals surface area contributed by atoms with Crippen LogP contribution in [0.5, 0.6) is 0 Å². The Kier molecular flexibility index (Phi) is 6.44. The molecule has 1 amide bonds. The monoisotopic (exact) mass is 445 g/mol. The topological polar surface area (TPSA) is 62.6 Å². The van der Waals surface area contributed by atoms with Crippen molar-refractivity contribution in [3.05, 3.63) is 30.5 Å². The van der Waals surface area contributed by atoms with Crippen molar-refractivity contribution in [2.75, 3.05) is 26.2 Å². The van der Waals surface area contributed by atoms with E-state index >= 15 is 0 Å². The Bertz CT molecular complexity index is 1030. The number of likely N-dealkylation sites (tertiary alicyclic amines) is 1. The van der Waals surface area contributed by atoms with E-state index in [1.165, 1.54) is 6.42 Å². The Morgan fingerprint density at radius 1 is 1.00 bits per heavy atom. The molecule has 1 aromatic heterocycles. The van der Waals surface area contributed by atoms with Gasteiger partial charge in [-0.15, -0.1) is 0 Å². The number of sulfonamides is 1. The summed E-state index contributed by atoms with van der Waals surface area (Å²) in [6.45, 7) is 10.1. The first-order chi connectivity index (χ1) is 14.7. The summed E-state index contributed by atoms with van der Waals surface area (Å²) in [5.41, 5.74) is 0.972. The van der Waals surface area contributed by atoms with Crippen LogP contribution in [0.3, 0.4) is 0 Å². The quantitative estimate of drug-likeness (QED) is 0.700. The average molecular weight is 446 g/mol. The van der Waals surface area contributed by atoms with Crippen LogP contribution < -0.4 is 0 Å². The SMILES string of the molecule is CC1CCN(S(=O)(=O)c2ccc3c(ccn3CCC(=O)N3C[C@H](C)C[C@H](C)C3)c2)CC1. The highest BCUT2D eigenvalue weighted by Crippen LogP contribution is 2.27. The second-order valence-corrected chi connectivity index (χ2v) is 11.7. The summed E-state index contributed by atoms with van der Waals surface area (Å²) in [5, 5.41) is 0.902. The van der Waals surface area contributed by atoms with Gasteiger partial charge in [0.15, 0.2) is 0 Å². The Morgan fingerprint density at radius 2 is 1.68 bits per heavy atom. The molecule has 0 spiro atoms. The van der Waals surface area contributed by atoms with Crippen molar-refractivity contribution in [2.24, 2.45) is 17.8 Å². The van der Waals surface area contributed by atoms with E-state index in [2.05, 4.69) is 25.3 Å². The predicted molar refractivity (Wildman–Crippen MR) is 123 cm³/mol. The summed E-state index contributed by atoms with van der Waals surface area (Å²) >= 11 is 0. The highest BCUT2D eigenvalue weighted by Gasteiger charge is 2.28. The number of rotatable bonds is 5. The van der Waals surface area contributed by atoms with Gasteiger partial charge in [0.25, 0.3) is 0 Å². The molecule has 0 aliphatic carbocycles. The second kappa shape index (κ2) is 8.94. The predicted octanol–water partition coefficient (Wildman–Crippen LogP) is 3.96. The van der Waals surface area contributed by atoms with Crippen LogP contribution in [0, 0.1) is 17.8 Å². The van der Waals surface area contributed by atoms with E-state index in [4.69, 9.17) is 0 Å². The fourth-order valence-corrected chi connectivity index (χ4v) is 6.65. The summed E-state index contributed by atoms with van der Waals surface area (Å²) in [4.78, 5) is 15.1. The standard InChI is InChI=1S/C24H35N3O3S/c1-18-6-12-27(13-7-18)31(29,30)22-4-5-23-21(15-22)8-10-25(23)11-9-24(28)26-16-19(2)14-20(3)17-26/h4-5,8,10,15,18-20H,6-7,9,11-14,16-17H2,1-3H3/t19-,20+. The van der Waals surface area contributed by atoms with E-state index in [9.17, 15) is 13.2 Å². The number of amides is 1. The Morgan fingerprint density at radius 3 is 2.35 bits per heavy atom. The fourth-order valence-electron chi connectivity index (χ4n) is 5.15. The first-order valence-electron chi connectivity index (χ1n) is 11.6. The number of aromatic nitrogens is 1. The third-order valence-electron chi connectivity index (χ3n) is 6.91. The highest BCUT2D eigenvalue weighted by atomic mass is 32.2. The van der Waals surface area contributed by atoms with Crippen LogP contribution >= 0.6 is 0 Å². The van der Waals surface area contributed by atoms with Gasteiger partial charge in [-0.25, -0.2) is 8.42 Å². The van der Waals surface area contributed by atoms with Gasteiger partial charge in [0.05, 0.1) is 4.90 Å². The fraction of sp³-hybridized carbons (Fsp3) is 0.625. The zero-order valence-electron chi connectivity index (χ0n) is 19.0. The lowest BCUT2D eigenvalue weighted by molar-refractivity contribution is -0.134. The minimum Gasteiger partial charge on any atom is -0.347 e. The number of hydrogen-bond acceptors (Lipinski definition) is 3. The molecule has 1 aromatic carbocycles. The smallest absolute Gasteiger partial charge is 0.243 e. The third-order valence-corrected chi connectivity index (χ3v) is 8.81. The molecule has 0 bridgehead atoms. The average Bonchev–Trinajstić information content (AvgIpc) is 3.14. The highest BCUT2D eigenvalue weighted by molar-refractivity contribution is 7.89. The lowest BCUT2D eigenvalue weighted by Gasteiger charge is -2.35. The zero-order chi connectivity index (χ0) is 22.2. The van der Waals surface area contributed by atoms with Crippen molar-refractivity contribution in [2.45, 2.75) is 57.9 Å². The first kappa shape index (κ1) is 22.3. The van der Waals surface area contributed by atoms with Crippen LogP contribution in [0.15, 0.2) is 35.4 Å². The van der Waals surface area contributed by atoms with Crippen molar-refractivity contribution in [3.63, 3.8) is 0 Å². The Hall–Kier alpha value is -1.86. The molecule has 7 heteroatoms. The molecule has 6 nitrogen and oxygen atoms in total. The van der Waals surface area contributed by atoms with Gasteiger partial charge < -0.3 is 9.47 Å². The minimum absolute atomic E-state index is 0.207. The number of hydrogen-bond donors (Lipinski definition) is 0. The van der Waals surface area contributed by atoms with E-state index < -0.39 is 10.0 Å². The Labute approximate surface area is 186 Å². The minimum atomic E-state index is -3.46.